The smallest absolute Gasteiger partial charge is 0.337 e. The predicted molar refractivity (Wildman–Crippen MR) is 70.5 cm³/mol. The van der Waals surface area contributed by atoms with Crippen LogP contribution < -0.4 is 5.32 Å². The van der Waals surface area contributed by atoms with Crippen LogP contribution >= 0.6 is 27.7 Å². The molecule has 1 unspecified atom stereocenters. The molecule has 0 saturated carbocycles. The average molecular weight is 302 g/mol. The Morgan fingerprint density at radius 3 is 3.00 bits per heavy atom. The summed E-state index contributed by atoms with van der Waals surface area (Å²) in [7, 11) is 0. The molecule has 1 aromatic rings. The van der Waals surface area contributed by atoms with Gasteiger partial charge < -0.3 is 10.4 Å². The highest BCUT2D eigenvalue weighted by atomic mass is 79.9. The van der Waals surface area contributed by atoms with Crippen molar-refractivity contribution in [1.29, 1.82) is 0 Å². The van der Waals surface area contributed by atoms with E-state index in [0.29, 0.717) is 17.3 Å². The second kappa shape index (κ2) is 5.10. The Bertz CT molecular complexity index is 405. The van der Waals surface area contributed by atoms with Crippen molar-refractivity contribution < 1.29 is 9.90 Å². The first-order valence-corrected chi connectivity index (χ1v) is 6.98. The Hall–Kier alpha value is -0.680. The number of rotatable bonds is 3. The van der Waals surface area contributed by atoms with E-state index in [1.807, 2.05) is 23.9 Å². The van der Waals surface area contributed by atoms with Crippen molar-refractivity contribution in [3.05, 3.63) is 28.2 Å². The fourth-order valence-corrected chi connectivity index (χ4v) is 3.20. The third-order valence-corrected chi connectivity index (χ3v) is 4.16. The Balaban J connectivity index is 2.21. The second-order valence-electron chi connectivity index (χ2n) is 3.70. The van der Waals surface area contributed by atoms with Gasteiger partial charge in [-0.25, -0.2) is 4.79 Å². The largest absolute Gasteiger partial charge is 0.478 e. The number of anilines is 1. The molecule has 1 atom stereocenters. The van der Waals surface area contributed by atoms with Crippen molar-refractivity contribution in [2.24, 2.45) is 0 Å². The lowest BCUT2D eigenvalue weighted by Gasteiger charge is -2.15. The van der Waals surface area contributed by atoms with E-state index in [1.54, 1.807) is 6.07 Å². The number of thioether (sulfide) groups is 1. The average Bonchev–Trinajstić information content (AvgIpc) is 2.73. The zero-order valence-corrected chi connectivity index (χ0v) is 11.0. The van der Waals surface area contributed by atoms with Crippen molar-refractivity contribution >= 4 is 39.3 Å². The molecular formula is C11H12BrNO2S. The number of hydrogen-bond donors (Lipinski definition) is 2. The molecule has 2 rings (SSSR count). The lowest BCUT2D eigenvalue weighted by molar-refractivity contribution is 0.0698. The molecule has 0 radical (unpaired) electrons. The van der Waals surface area contributed by atoms with Crippen LogP contribution in [-0.2, 0) is 0 Å². The van der Waals surface area contributed by atoms with Gasteiger partial charge in [-0.2, -0.15) is 11.8 Å². The summed E-state index contributed by atoms with van der Waals surface area (Å²) in [5, 5.41) is 12.4. The minimum absolute atomic E-state index is 0.325. The number of halogens is 1. The Labute approximate surface area is 107 Å². The molecule has 86 valence electrons. The Morgan fingerprint density at radius 1 is 1.56 bits per heavy atom. The molecule has 1 aromatic carbocycles. The Kier molecular flexibility index (Phi) is 3.76. The minimum Gasteiger partial charge on any atom is -0.478 e. The van der Waals surface area contributed by atoms with Crippen LogP contribution in [0.2, 0.25) is 0 Å². The van der Waals surface area contributed by atoms with Crippen molar-refractivity contribution in [2.75, 3.05) is 16.8 Å². The first kappa shape index (κ1) is 11.8. The van der Waals surface area contributed by atoms with Crippen molar-refractivity contribution in [3.8, 4) is 0 Å². The van der Waals surface area contributed by atoms with E-state index in [2.05, 4.69) is 21.2 Å². The molecule has 0 amide bonds. The molecule has 16 heavy (non-hydrogen) atoms. The molecular weight excluding hydrogens is 290 g/mol. The highest BCUT2D eigenvalue weighted by molar-refractivity contribution is 9.10. The monoisotopic (exact) mass is 301 g/mol. The van der Waals surface area contributed by atoms with Gasteiger partial charge in [0.1, 0.15) is 0 Å². The van der Waals surface area contributed by atoms with Gasteiger partial charge in [0.05, 0.1) is 5.56 Å². The zero-order chi connectivity index (χ0) is 11.5. The van der Waals surface area contributed by atoms with Crippen LogP contribution in [0.4, 0.5) is 5.69 Å². The number of aromatic carboxylic acids is 1. The lowest BCUT2D eigenvalue weighted by atomic mass is 10.1. The van der Waals surface area contributed by atoms with Gasteiger partial charge in [-0.15, -0.1) is 0 Å². The van der Waals surface area contributed by atoms with Gasteiger partial charge in [-0.3, -0.25) is 0 Å². The number of carboxylic acid groups (broad SMARTS) is 1. The third kappa shape index (κ3) is 2.71. The molecule has 0 spiro atoms. The SMILES string of the molecule is O=C(O)c1cc(Br)ccc1NC1CCSC1. The molecule has 1 aliphatic rings. The molecule has 3 nitrogen and oxygen atoms in total. The molecule has 0 aliphatic carbocycles. The van der Waals surface area contributed by atoms with E-state index >= 15 is 0 Å². The summed E-state index contributed by atoms with van der Waals surface area (Å²) < 4.78 is 0.788. The van der Waals surface area contributed by atoms with Gasteiger partial charge in [0.25, 0.3) is 0 Å². The van der Waals surface area contributed by atoms with Gasteiger partial charge in [-0.1, -0.05) is 15.9 Å². The number of hydrogen-bond acceptors (Lipinski definition) is 3. The summed E-state index contributed by atoms with van der Waals surface area (Å²) in [6.45, 7) is 0. The second-order valence-corrected chi connectivity index (χ2v) is 5.77. The van der Waals surface area contributed by atoms with Crippen LogP contribution in [0.5, 0.6) is 0 Å². The fraction of sp³-hybridized carbons (Fsp3) is 0.364. The Morgan fingerprint density at radius 2 is 2.38 bits per heavy atom. The van der Waals surface area contributed by atoms with Crippen molar-refractivity contribution in [1.82, 2.24) is 0 Å². The maximum atomic E-state index is 11.1. The summed E-state index contributed by atoms with van der Waals surface area (Å²) in [6, 6.07) is 5.70. The van der Waals surface area contributed by atoms with E-state index in [9.17, 15) is 4.79 Å². The third-order valence-electron chi connectivity index (χ3n) is 2.50. The number of carboxylic acids is 1. The van der Waals surface area contributed by atoms with E-state index in [0.717, 1.165) is 22.4 Å². The minimum atomic E-state index is -0.894. The highest BCUT2D eigenvalue weighted by Crippen LogP contribution is 2.25. The van der Waals surface area contributed by atoms with E-state index < -0.39 is 5.97 Å². The summed E-state index contributed by atoms with van der Waals surface area (Å²) >= 11 is 5.18. The lowest BCUT2D eigenvalue weighted by Crippen LogP contribution is -2.19. The topological polar surface area (TPSA) is 49.3 Å². The molecule has 1 saturated heterocycles. The van der Waals surface area contributed by atoms with E-state index in [4.69, 9.17) is 5.11 Å². The standard InChI is InChI=1S/C11H12BrNO2S/c12-7-1-2-10(9(5-7)11(14)15)13-8-3-4-16-6-8/h1-2,5,8,13H,3-4,6H2,(H,14,15). The highest BCUT2D eigenvalue weighted by Gasteiger charge is 2.18. The zero-order valence-electron chi connectivity index (χ0n) is 8.57. The van der Waals surface area contributed by atoms with Crippen LogP contribution in [0.25, 0.3) is 0 Å². The van der Waals surface area contributed by atoms with Crippen LogP contribution in [0.1, 0.15) is 16.8 Å². The summed E-state index contributed by atoms with van der Waals surface area (Å²) in [5.74, 6) is 1.31. The number of carbonyl (C=O) groups is 1. The molecule has 1 fully saturated rings. The molecule has 0 bridgehead atoms. The molecule has 0 aromatic heterocycles. The van der Waals surface area contributed by atoms with Gasteiger partial charge in [0, 0.05) is 22.0 Å². The first-order chi connectivity index (χ1) is 7.66. The van der Waals surface area contributed by atoms with Crippen LogP contribution in [0, 0.1) is 0 Å². The summed E-state index contributed by atoms with van der Waals surface area (Å²) in [5.41, 5.74) is 1.04. The van der Waals surface area contributed by atoms with Gasteiger partial charge in [0.2, 0.25) is 0 Å². The van der Waals surface area contributed by atoms with Gasteiger partial charge >= 0.3 is 5.97 Å². The normalized spacial score (nSPS) is 19.7. The van der Waals surface area contributed by atoms with Gasteiger partial charge in [-0.05, 0) is 30.4 Å². The molecule has 2 N–H and O–H groups in total. The maximum Gasteiger partial charge on any atom is 0.337 e. The van der Waals surface area contributed by atoms with Crippen molar-refractivity contribution in [2.45, 2.75) is 12.5 Å². The molecule has 1 aliphatic heterocycles. The summed E-state index contributed by atoms with van der Waals surface area (Å²) in [6.07, 6.45) is 1.10. The number of nitrogens with one attached hydrogen (secondary N) is 1. The first-order valence-electron chi connectivity index (χ1n) is 5.04. The van der Waals surface area contributed by atoms with Gasteiger partial charge in [0.15, 0.2) is 0 Å². The fourth-order valence-electron chi connectivity index (χ4n) is 1.69. The number of benzene rings is 1. The van der Waals surface area contributed by atoms with E-state index in [1.165, 1.54) is 0 Å². The van der Waals surface area contributed by atoms with Crippen molar-refractivity contribution in [3.63, 3.8) is 0 Å². The van der Waals surface area contributed by atoms with Crippen LogP contribution in [-0.4, -0.2) is 28.6 Å². The predicted octanol–water partition coefficient (Wildman–Crippen LogP) is 3.06. The van der Waals surface area contributed by atoms with E-state index in [-0.39, 0.29) is 0 Å². The van der Waals surface area contributed by atoms with Crippen LogP contribution in [0.15, 0.2) is 22.7 Å². The molecule has 5 heteroatoms. The van der Waals surface area contributed by atoms with Crippen LogP contribution in [0.3, 0.4) is 0 Å². The quantitative estimate of drug-likeness (QED) is 0.901. The summed E-state index contributed by atoms with van der Waals surface area (Å²) in [4.78, 5) is 11.1. The molecule has 1 heterocycles. The maximum absolute atomic E-state index is 11.1.